The van der Waals surface area contributed by atoms with E-state index < -0.39 is 5.97 Å². The van der Waals surface area contributed by atoms with E-state index in [9.17, 15) is 9.59 Å². The second-order valence-corrected chi connectivity index (χ2v) is 7.14. The Hall–Kier alpha value is -3.87. The van der Waals surface area contributed by atoms with Crippen LogP contribution in [0.1, 0.15) is 5.69 Å². The molecule has 7 nitrogen and oxygen atoms in total. The van der Waals surface area contributed by atoms with Gasteiger partial charge in [-0.05, 0) is 30.3 Å². The number of para-hydroxylation sites is 3. The van der Waals surface area contributed by atoms with Crippen LogP contribution in [-0.2, 0) is 14.3 Å². The van der Waals surface area contributed by atoms with Gasteiger partial charge in [-0.15, -0.1) is 0 Å². The van der Waals surface area contributed by atoms with Crippen LogP contribution in [0.4, 0.5) is 0 Å². The molecular formula is C24H22N2O5. The number of hydrogen-bond acceptors (Lipinski definition) is 6. The number of esters is 1. The highest BCUT2D eigenvalue weighted by Crippen LogP contribution is 2.30. The molecule has 0 radical (unpaired) electrons. The Balaban J connectivity index is 1.25. The number of benzene rings is 2. The molecule has 1 aliphatic heterocycles. The minimum Gasteiger partial charge on any atom is -0.486 e. The van der Waals surface area contributed by atoms with Crippen molar-refractivity contribution in [2.75, 3.05) is 26.8 Å². The van der Waals surface area contributed by atoms with Crippen LogP contribution in [0.2, 0.25) is 0 Å². The molecule has 2 heterocycles. The summed E-state index contributed by atoms with van der Waals surface area (Å²) in [4.78, 5) is 30.2. The molecule has 2 aromatic carbocycles. The van der Waals surface area contributed by atoms with Crippen molar-refractivity contribution in [3.63, 3.8) is 0 Å². The minimum atomic E-state index is -0.608. The predicted octanol–water partition coefficient (Wildman–Crippen LogP) is 3.09. The Kier molecular flexibility index (Phi) is 6.12. The van der Waals surface area contributed by atoms with Gasteiger partial charge in [0.2, 0.25) is 0 Å². The molecule has 1 amide bonds. The van der Waals surface area contributed by atoms with E-state index in [2.05, 4.69) is 4.98 Å². The Bertz CT molecular complexity index is 1130. The average molecular weight is 418 g/mol. The standard InChI is InChI=1S/C24H22N2O5/c1-26(14-19-15-29-21-8-4-5-9-22(21)31-19)23(27)16-30-24(28)13-12-18-11-10-17-6-2-3-7-20(17)25-18/h2-13,19H,14-16H2,1H3/b13-12+/t19-/m1/s1. The second kappa shape index (κ2) is 9.30. The highest BCUT2D eigenvalue weighted by Gasteiger charge is 2.24. The molecule has 1 atom stereocenters. The summed E-state index contributed by atoms with van der Waals surface area (Å²) in [5.41, 5.74) is 1.47. The zero-order chi connectivity index (χ0) is 21.6. The maximum absolute atomic E-state index is 12.3. The van der Waals surface area contributed by atoms with Crippen molar-refractivity contribution in [2.45, 2.75) is 6.10 Å². The lowest BCUT2D eigenvalue weighted by Gasteiger charge is -2.29. The number of pyridine rings is 1. The zero-order valence-electron chi connectivity index (χ0n) is 17.1. The highest BCUT2D eigenvalue weighted by atomic mass is 16.6. The number of likely N-dealkylation sites (N-methyl/N-ethyl adjacent to an activating group) is 1. The molecule has 0 N–H and O–H groups in total. The van der Waals surface area contributed by atoms with Gasteiger partial charge in [0.1, 0.15) is 6.61 Å². The van der Waals surface area contributed by atoms with Gasteiger partial charge in [-0.25, -0.2) is 9.78 Å². The van der Waals surface area contributed by atoms with Gasteiger partial charge in [0.05, 0.1) is 17.8 Å². The predicted molar refractivity (Wildman–Crippen MR) is 116 cm³/mol. The lowest BCUT2D eigenvalue weighted by molar-refractivity contribution is -0.148. The third kappa shape index (κ3) is 5.19. The van der Waals surface area contributed by atoms with Crippen molar-refractivity contribution in [1.82, 2.24) is 9.88 Å². The molecule has 1 aromatic heterocycles. The van der Waals surface area contributed by atoms with Crippen molar-refractivity contribution in [1.29, 1.82) is 0 Å². The van der Waals surface area contributed by atoms with Crippen LogP contribution in [0.3, 0.4) is 0 Å². The Morgan fingerprint density at radius 1 is 1.10 bits per heavy atom. The van der Waals surface area contributed by atoms with E-state index >= 15 is 0 Å². The lowest BCUT2D eigenvalue weighted by Crippen LogP contribution is -2.43. The van der Waals surface area contributed by atoms with Crippen molar-refractivity contribution in [2.24, 2.45) is 0 Å². The van der Waals surface area contributed by atoms with E-state index in [1.165, 1.54) is 11.0 Å². The number of hydrogen-bond donors (Lipinski definition) is 0. The van der Waals surface area contributed by atoms with Crippen molar-refractivity contribution >= 4 is 28.9 Å². The van der Waals surface area contributed by atoms with E-state index in [4.69, 9.17) is 14.2 Å². The largest absolute Gasteiger partial charge is 0.486 e. The van der Waals surface area contributed by atoms with Gasteiger partial charge in [-0.2, -0.15) is 0 Å². The summed E-state index contributed by atoms with van der Waals surface area (Å²) in [7, 11) is 1.63. The Morgan fingerprint density at radius 3 is 2.74 bits per heavy atom. The zero-order valence-corrected chi connectivity index (χ0v) is 17.1. The molecule has 3 aromatic rings. The summed E-state index contributed by atoms with van der Waals surface area (Å²) in [5, 5.41) is 1.02. The highest BCUT2D eigenvalue weighted by molar-refractivity contribution is 5.89. The molecule has 0 aliphatic carbocycles. The van der Waals surface area contributed by atoms with Gasteiger partial charge in [-0.3, -0.25) is 4.79 Å². The van der Waals surface area contributed by atoms with E-state index in [1.54, 1.807) is 13.1 Å². The maximum atomic E-state index is 12.3. The van der Waals surface area contributed by atoms with Crippen LogP contribution < -0.4 is 9.47 Å². The summed E-state index contributed by atoms with van der Waals surface area (Å²) in [6.07, 6.45) is 2.53. The molecule has 31 heavy (non-hydrogen) atoms. The molecule has 158 valence electrons. The maximum Gasteiger partial charge on any atom is 0.331 e. The normalized spacial score (nSPS) is 15.1. The van der Waals surface area contributed by atoms with Crippen molar-refractivity contribution < 1.29 is 23.8 Å². The van der Waals surface area contributed by atoms with Crippen LogP contribution >= 0.6 is 0 Å². The summed E-state index contributed by atoms with van der Waals surface area (Å²) in [5.74, 6) is 0.406. The Labute approximate surface area is 179 Å². The van der Waals surface area contributed by atoms with E-state index in [1.807, 2.05) is 60.7 Å². The third-order valence-electron chi connectivity index (χ3n) is 4.82. The molecule has 0 bridgehead atoms. The van der Waals surface area contributed by atoms with Crippen LogP contribution in [0.5, 0.6) is 11.5 Å². The monoisotopic (exact) mass is 418 g/mol. The molecule has 0 saturated heterocycles. The molecule has 0 spiro atoms. The number of aromatic nitrogens is 1. The second-order valence-electron chi connectivity index (χ2n) is 7.14. The summed E-state index contributed by atoms with van der Waals surface area (Å²) in [6.45, 7) is 0.312. The fourth-order valence-electron chi connectivity index (χ4n) is 3.18. The number of carbonyl (C=O) groups excluding carboxylic acids is 2. The van der Waals surface area contributed by atoms with Gasteiger partial charge in [-0.1, -0.05) is 36.4 Å². The number of ether oxygens (including phenoxy) is 3. The molecule has 7 heteroatoms. The molecule has 0 saturated carbocycles. The number of fused-ring (bicyclic) bond motifs is 2. The smallest absolute Gasteiger partial charge is 0.331 e. The summed E-state index contributed by atoms with van der Waals surface area (Å²) < 4.78 is 16.6. The molecule has 4 rings (SSSR count). The van der Waals surface area contributed by atoms with Gasteiger partial charge < -0.3 is 19.1 Å². The van der Waals surface area contributed by atoms with Crippen molar-refractivity contribution in [3.8, 4) is 11.5 Å². The van der Waals surface area contributed by atoms with E-state index in [0.29, 0.717) is 30.3 Å². The molecule has 1 aliphatic rings. The summed E-state index contributed by atoms with van der Waals surface area (Å²) >= 11 is 0. The van der Waals surface area contributed by atoms with Gasteiger partial charge in [0.15, 0.2) is 24.2 Å². The first kappa shape index (κ1) is 20.4. The van der Waals surface area contributed by atoms with Crippen LogP contribution in [0.25, 0.3) is 17.0 Å². The quantitative estimate of drug-likeness (QED) is 0.452. The fraction of sp³-hybridized carbons (Fsp3) is 0.208. The summed E-state index contributed by atoms with van der Waals surface area (Å²) in [6, 6.07) is 18.9. The van der Waals surface area contributed by atoms with Gasteiger partial charge in [0.25, 0.3) is 5.91 Å². The number of rotatable bonds is 6. The molecule has 0 unspecified atom stereocenters. The van der Waals surface area contributed by atoms with Gasteiger partial charge in [0, 0.05) is 18.5 Å². The number of nitrogens with zero attached hydrogens (tertiary/aromatic N) is 2. The fourth-order valence-corrected chi connectivity index (χ4v) is 3.18. The molecular weight excluding hydrogens is 396 g/mol. The van der Waals surface area contributed by atoms with E-state index in [-0.39, 0.29) is 18.6 Å². The number of carbonyl (C=O) groups is 2. The van der Waals surface area contributed by atoms with Crippen LogP contribution in [-0.4, -0.2) is 54.7 Å². The van der Waals surface area contributed by atoms with Crippen molar-refractivity contribution in [3.05, 3.63) is 72.4 Å². The molecule has 0 fully saturated rings. The van der Waals surface area contributed by atoms with Crippen LogP contribution in [0.15, 0.2) is 66.7 Å². The topological polar surface area (TPSA) is 78.0 Å². The third-order valence-corrected chi connectivity index (χ3v) is 4.82. The number of amides is 1. The first-order valence-electron chi connectivity index (χ1n) is 9.91. The minimum absolute atomic E-state index is 0.293. The Morgan fingerprint density at radius 2 is 1.87 bits per heavy atom. The first-order chi connectivity index (χ1) is 15.1. The van der Waals surface area contributed by atoms with Crippen LogP contribution in [0, 0.1) is 0 Å². The first-order valence-corrected chi connectivity index (χ1v) is 9.91. The SMILES string of the molecule is CN(C[C@@H]1COc2ccccc2O1)C(=O)COC(=O)/C=C/c1ccc2ccccc2n1. The van der Waals surface area contributed by atoms with Gasteiger partial charge >= 0.3 is 5.97 Å². The average Bonchev–Trinajstić information content (AvgIpc) is 2.81. The van der Waals surface area contributed by atoms with E-state index in [0.717, 1.165) is 10.9 Å². The lowest BCUT2D eigenvalue weighted by atomic mass is 10.2.